The van der Waals surface area contributed by atoms with Crippen molar-refractivity contribution < 1.29 is 4.79 Å². The average molecular weight is 289 g/mol. The van der Waals surface area contributed by atoms with Crippen molar-refractivity contribution >= 4 is 17.3 Å². The van der Waals surface area contributed by atoms with Gasteiger partial charge in [0.25, 0.3) is 0 Å². The summed E-state index contributed by atoms with van der Waals surface area (Å²) in [5.74, 6) is 0.0579. The second-order valence-electron chi connectivity index (χ2n) is 5.88. The first-order chi connectivity index (χ1) is 10.2. The molecular weight excluding hydrogens is 262 g/mol. The summed E-state index contributed by atoms with van der Waals surface area (Å²) in [5.41, 5.74) is 2.14. The summed E-state index contributed by atoms with van der Waals surface area (Å²) in [6.45, 7) is 5.88. The van der Waals surface area contributed by atoms with Crippen molar-refractivity contribution in [1.82, 2.24) is 4.90 Å². The number of carbonyl (C=O) groups is 1. The van der Waals surface area contributed by atoms with Gasteiger partial charge in [-0.1, -0.05) is 13.3 Å². The zero-order valence-corrected chi connectivity index (χ0v) is 13.3. The Balaban J connectivity index is 1.80. The highest BCUT2D eigenvalue weighted by molar-refractivity contribution is 5.92. The highest BCUT2D eigenvalue weighted by Gasteiger charge is 2.12. The van der Waals surface area contributed by atoms with E-state index in [0.29, 0.717) is 6.54 Å². The van der Waals surface area contributed by atoms with Crippen molar-refractivity contribution in [1.29, 1.82) is 0 Å². The highest BCUT2D eigenvalue weighted by atomic mass is 16.2. The zero-order valence-electron chi connectivity index (χ0n) is 13.3. The quantitative estimate of drug-likeness (QED) is 0.838. The number of rotatable bonds is 7. The van der Waals surface area contributed by atoms with Crippen LogP contribution in [-0.4, -0.2) is 44.0 Å². The molecule has 116 valence electrons. The van der Waals surface area contributed by atoms with E-state index in [1.165, 1.54) is 18.5 Å². The number of benzene rings is 1. The van der Waals surface area contributed by atoms with E-state index in [2.05, 4.69) is 34.2 Å². The van der Waals surface area contributed by atoms with Gasteiger partial charge in [-0.15, -0.1) is 0 Å². The van der Waals surface area contributed by atoms with Gasteiger partial charge in [-0.2, -0.15) is 0 Å². The summed E-state index contributed by atoms with van der Waals surface area (Å²) >= 11 is 0. The SMILES string of the molecule is CCCCN(C)CC(=O)Nc1ccc(N2CCCC2)cc1. The third kappa shape index (κ3) is 5.05. The largest absolute Gasteiger partial charge is 0.372 e. The summed E-state index contributed by atoms with van der Waals surface area (Å²) in [6, 6.07) is 8.19. The smallest absolute Gasteiger partial charge is 0.238 e. The van der Waals surface area contributed by atoms with E-state index in [1.54, 1.807) is 0 Å². The van der Waals surface area contributed by atoms with Gasteiger partial charge in [0.15, 0.2) is 0 Å². The van der Waals surface area contributed by atoms with Crippen LogP contribution in [0.3, 0.4) is 0 Å². The molecular formula is C17H27N3O. The van der Waals surface area contributed by atoms with E-state index < -0.39 is 0 Å². The molecule has 0 unspecified atom stereocenters. The number of nitrogens with zero attached hydrogens (tertiary/aromatic N) is 2. The number of hydrogen-bond acceptors (Lipinski definition) is 3. The van der Waals surface area contributed by atoms with E-state index in [1.807, 2.05) is 19.2 Å². The topological polar surface area (TPSA) is 35.6 Å². The van der Waals surface area contributed by atoms with Crippen molar-refractivity contribution in [3.63, 3.8) is 0 Å². The van der Waals surface area contributed by atoms with Crippen LogP contribution in [0.5, 0.6) is 0 Å². The standard InChI is InChI=1S/C17H27N3O/c1-3-4-11-19(2)14-17(21)18-15-7-9-16(10-8-15)20-12-5-6-13-20/h7-10H,3-6,11-14H2,1-2H3,(H,18,21). The van der Waals surface area contributed by atoms with E-state index >= 15 is 0 Å². The van der Waals surface area contributed by atoms with E-state index in [-0.39, 0.29) is 5.91 Å². The first-order valence-electron chi connectivity index (χ1n) is 8.02. The second-order valence-corrected chi connectivity index (χ2v) is 5.88. The highest BCUT2D eigenvalue weighted by Crippen LogP contribution is 2.21. The Kier molecular flexibility index (Phi) is 6.05. The molecule has 0 bridgehead atoms. The molecule has 21 heavy (non-hydrogen) atoms. The maximum Gasteiger partial charge on any atom is 0.238 e. The Bertz CT molecular complexity index is 438. The lowest BCUT2D eigenvalue weighted by atomic mass is 10.2. The van der Waals surface area contributed by atoms with Crippen molar-refractivity contribution in [2.75, 3.05) is 43.4 Å². The van der Waals surface area contributed by atoms with Crippen LogP contribution in [0.1, 0.15) is 32.6 Å². The Hall–Kier alpha value is -1.55. The first-order valence-corrected chi connectivity index (χ1v) is 8.02. The van der Waals surface area contributed by atoms with Crippen molar-refractivity contribution in [2.24, 2.45) is 0 Å². The van der Waals surface area contributed by atoms with Gasteiger partial charge in [-0.05, 0) is 57.1 Å². The number of nitrogens with one attached hydrogen (secondary N) is 1. The molecule has 1 saturated heterocycles. The van der Waals surface area contributed by atoms with Crippen LogP contribution < -0.4 is 10.2 Å². The molecule has 0 saturated carbocycles. The minimum Gasteiger partial charge on any atom is -0.372 e. The van der Waals surface area contributed by atoms with Gasteiger partial charge in [0.1, 0.15) is 0 Å². The molecule has 0 spiro atoms. The second kappa shape index (κ2) is 8.03. The number of likely N-dealkylation sites (N-methyl/N-ethyl adjacent to an activating group) is 1. The van der Waals surface area contributed by atoms with Gasteiger partial charge in [0, 0.05) is 24.5 Å². The maximum absolute atomic E-state index is 12.0. The van der Waals surface area contributed by atoms with Gasteiger partial charge < -0.3 is 10.2 Å². The molecule has 2 rings (SSSR count). The van der Waals surface area contributed by atoms with Crippen molar-refractivity contribution in [3.05, 3.63) is 24.3 Å². The lowest BCUT2D eigenvalue weighted by Crippen LogP contribution is -2.30. The Morgan fingerprint density at radius 3 is 2.52 bits per heavy atom. The first kappa shape index (κ1) is 15.8. The van der Waals surface area contributed by atoms with Gasteiger partial charge in [0.05, 0.1) is 6.54 Å². The summed E-state index contributed by atoms with van der Waals surface area (Å²) < 4.78 is 0. The van der Waals surface area contributed by atoms with Gasteiger partial charge in [-0.3, -0.25) is 9.69 Å². The van der Waals surface area contributed by atoms with Crippen LogP contribution in [0.15, 0.2) is 24.3 Å². The van der Waals surface area contributed by atoms with E-state index in [4.69, 9.17) is 0 Å². The average Bonchev–Trinajstić information content (AvgIpc) is 3.00. The van der Waals surface area contributed by atoms with Gasteiger partial charge >= 0.3 is 0 Å². The van der Waals surface area contributed by atoms with Crippen LogP contribution in [0.25, 0.3) is 0 Å². The van der Waals surface area contributed by atoms with Gasteiger partial charge in [0.2, 0.25) is 5.91 Å². The third-order valence-corrected chi connectivity index (χ3v) is 3.93. The maximum atomic E-state index is 12.0. The molecule has 1 aliphatic heterocycles. The Morgan fingerprint density at radius 2 is 1.90 bits per heavy atom. The lowest BCUT2D eigenvalue weighted by Gasteiger charge is -2.18. The number of amides is 1. The summed E-state index contributed by atoms with van der Waals surface area (Å²) in [7, 11) is 1.99. The molecule has 1 amide bonds. The minimum atomic E-state index is 0.0579. The van der Waals surface area contributed by atoms with Crippen LogP contribution in [0.4, 0.5) is 11.4 Å². The summed E-state index contributed by atoms with van der Waals surface area (Å²) in [5, 5.41) is 2.97. The molecule has 4 nitrogen and oxygen atoms in total. The normalized spacial score (nSPS) is 14.7. The van der Waals surface area contributed by atoms with E-state index in [9.17, 15) is 4.79 Å². The molecule has 0 atom stereocenters. The summed E-state index contributed by atoms with van der Waals surface area (Å²) in [4.78, 5) is 16.4. The molecule has 0 radical (unpaired) electrons. The predicted molar refractivity (Wildman–Crippen MR) is 88.9 cm³/mol. The zero-order chi connectivity index (χ0) is 15.1. The lowest BCUT2D eigenvalue weighted by molar-refractivity contribution is -0.117. The van der Waals surface area contributed by atoms with Crippen LogP contribution in [-0.2, 0) is 4.79 Å². The Labute approximate surface area is 128 Å². The fraction of sp³-hybridized carbons (Fsp3) is 0.588. The van der Waals surface area contributed by atoms with Gasteiger partial charge in [-0.25, -0.2) is 0 Å². The molecule has 1 aliphatic rings. The molecule has 0 aromatic heterocycles. The molecule has 1 aromatic rings. The summed E-state index contributed by atoms with van der Waals surface area (Å²) in [6.07, 6.45) is 4.85. The predicted octanol–water partition coefficient (Wildman–Crippen LogP) is 2.96. The molecule has 0 aliphatic carbocycles. The van der Waals surface area contributed by atoms with Crippen molar-refractivity contribution in [2.45, 2.75) is 32.6 Å². The molecule has 1 heterocycles. The number of unbranched alkanes of at least 4 members (excludes halogenated alkanes) is 1. The fourth-order valence-electron chi connectivity index (χ4n) is 2.68. The monoisotopic (exact) mass is 289 g/mol. The van der Waals surface area contributed by atoms with Crippen LogP contribution >= 0.6 is 0 Å². The third-order valence-electron chi connectivity index (χ3n) is 3.93. The minimum absolute atomic E-state index is 0.0579. The Morgan fingerprint density at radius 1 is 1.24 bits per heavy atom. The van der Waals surface area contributed by atoms with E-state index in [0.717, 1.165) is 38.2 Å². The number of anilines is 2. The molecule has 1 N–H and O–H groups in total. The fourth-order valence-corrected chi connectivity index (χ4v) is 2.68. The molecule has 1 aromatic carbocycles. The number of hydrogen-bond donors (Lipinski definition) is 1. The van der Waals surface area contributed by atoms with Crippen LogP contribution in [0.2, 0.25) is 0 Å². The number of carbonyl (C=O) groups excluding carboxylic acids is 1. The van der Waals surface area contributed by atoms with Crippen molar-refractivity contribution in [3.8, 4) is 0 Å². The molecule has 4 heteroatoms. The molecule has 1 fully saturated rings. The van der Waals surface area contributed by atoms with Crippen LogP contribution in [0, 0.1) is 0 Å².